The number of hydrazone groups is 1. The molecule has 0 saturated carbocycles. The number of nitrogens with one attached hydrogen (secondary N) is 1. The van der Waals surface area contributed by atoms with Crippen LogP contribution in [0.5, 0.6) is 17.2 Å². The van der Waals surface area contributed by atoms with E-state index in [1.54, 1.807) is 25.3 Å². The molecular weight excluding hydrogens is 506 g/mol. The first-order valence-electron chi connectivity index (χ1n) is 11.9. The smallest absolute Gasteiger partial charge is 0.258 e. The second-order valence-corrected chi connectivity index (χ2v) is 9.25. The van der Waals surface area contributed by atoms with Crippen LogP contribution in [0.1, 0.15) is 30.5 Å². The summed E-state index contributed by atoms with van der Waals surface area (Å²) in [7, 11) is 4.59. The Morgan fingerprint density at radius 2 is 1.71 bits per heavy atom. The number of amides is 1. The van der Waals surface area contributed by atoms with Crippen molar-refractivity contribution in [3.05, 3.63) is 87.2 Å². The van der Waals surface area contributed by atoms with Crippen molar-refractivity contribution >= 4 is 34.1 Å². The maximum absolute atomic E-state index is 13.6. The Labute approximate surface area is 224 Å². The van der Waals surface area contributed by atoms with Gasteiger partial charge in [0.05, 0.1) is 38.6 Å². The maximum Gasteiger partial charge on any atom is 0.258 e. The van der Waals surface area contributed by atoms with Crippen molar-refractivity contribution in [1.82, 2.24) is 9.99 Å². The zero-order chi connectivity index (χ0) is 27.0. The largest absolute Gasteiger partial charge is 0.493 e. The Bertz CT molecular complexity index is 1630. The van der Waals surface area contributed by atoms with Crippen LogP contribution in [0.25, 0.3) is 22.0 Å². The number of fused-ring (bicyclic) bond motifs is 1. The zero-order valence-corrected chi connectivity index (χ0v) is 22.1. The van der Waals surface area contributed by atoms with Gasteiger partial charge in [-0.2, -0.15) is 5.10 Å². The van der Waals surface area contributed by atoms with E-state index >= 15 is 0 Å². The molecule has 0 spiro atoms. The number of hydrogen-bond acceptors (Lipinski definition) is 6. The molecule has 1 N–H and O–H groups in total. The summed E-state index contributed by atoms with van der Waals surface area (Å²) in [6, 6.07) is 18.0. The third kappa shape index (κ3) is 4.26. The number of methoxy groups -OCH3 is 3. The lowest BCUT2D eigenvalue weighted by Gasteiger charge is -2.24. The number of carbonyl (C=O) groups is 1. The van der Waals surface area contributed by atoms with E-state index in [9.17, 15) is 9.59 Å². The predicted molar refractivity (Wildman–Crippen MR) is 148 cm³/mol. The van der Waals surface area contributed by atoms with E-state index in [1.165, 1.54) is 26.2 Å². The molecule has 194 valence electrons. The van der Waals surface area contributed by atoms with Gasteiger partial charge >= 0.3 is 0 Å². The normalized spacial score (nSPS) is 14.9. The quantitative estimate of drug-likeness (QED) is 0.351. The van der Waals surface area contributed by atoms with Crippen LogP contribution in [0.15, 0.2) is 70.6 Å². The van der Waals surface area contributed by atoms with Crippen molar-refractivity contribution in [3.63, 3.8) is 0 Å². The van der Waals surface area contributed by atoms with Crippen LogP contribution in [0.2, 0.25) is 5.02 Å². The van der Waals surface area contributed by atoms with Crippen molar-refractivity contribution in [1.29, 1.82) is 0 Å². The van der Waals surface area contributed by atoms with Crippen molar-refractivity contribution in [2.75, 3.05) is 21.3 Å². The lowest BCUT2D eigenvalue weighted by molar-refractivity contribution is -0.130. The highest BCUT2D eigenvalue weighted by Crippen LogP contribution is 2.46. The molecule has 0 saturated heterocycles. The number of H-pyrrole nitrogens is 1. The Hall–Kier alpha value is -4.30. The van der Waals surface area contributed by atoms with Crippen molar-refractivity contribution in [3.8, 4) is 28.4 Å². The minimum atomic E-state index is -0.532. The molecule has 1 unspecified atom stereocenters. The van der Waals surface area contributed by atoms with E-state index in [0.29, 0.717) is 50.2 Å². The van der Waals surface area contributed by atoms with Crippen molar-refractivity contribution in [2.45, 2.75) is 19.4 Å². The third-order valence-electron chi connectivity index (χ3n) is 6.65. The van der Waals surface area contributed by atoms with Crippen LogP contribution < -0.4 is 19.8 Å². The topological polar surface area (TPSA) is 93.2 Å². The highest BCUT2D eigenvalue weighted by molar-refractivity contribution is 6.31. The fraction of sp³-hybridized carbons (Fsp3) is 0.207. The summed E-state index contributed by atoms with van der Waals surface area (Å²) in [6.07, 6.45) is 0.278. The van der Waals surface area contributed by atoms with Crippen molar-refractivity contribution < 1.29 is 19.0 Å². The minimum absolute atomic E-state index is 0.275. The number of ether oxygens (including phenoxy) is 3. The summed E-state index contributed by atoms with van der Waals surface area (Å²) in [6.45, 7) is 1.44. The number of rotatable bonds is 6. The van der Waals surface area contributed by atoms with E-state index in [2.05, 4.69) is 10.1 Å². The number of nitrogens with zero attached hydrogens (tertiary/aromatic N) is 2. The first kappa shape index (κ1) is 25.4. The fourth-order valence-electron chi connectivity index (χ4n) is 5.03. The molecule has 0 fully saturated rings. The average Bonchev–Trinajstić information content (AvgIpc) is 3.37. The lowest BCUT2D eigenvalue weighted by Crippen LogP contribution is -2.24. The van der Waals surface area contributed by atoms with Crippen molar-refractivity contribution in [2.24, 2.45) is 5.10 Å². The molecule has 38 heavy (non-hydrogen) atoms. The molecule has 1 amide bonds. The number of aromatic nitrogens is 1. The van der Waals surface area contributed by atoms with Crippen LogP contribution in [0.3, 0.4) is 0 Å². The molecule has 9 heteroatoms. The molecule has 1 aliphatic rings. The van der Waals surface area contributed by atoms with Crippen LogP contribution >= 0.6 is 11.6 Å². The average molecular weight is 532 g/mol. The number of pyridine rings is 1. The predicted octanol–water partition coefficient (Wildman–Crippen LogP) is 5.57. The van der Waals surface area contributed by atoms with Gasteiger partial charge in [-0.15, -0.1) is 0 Å². The standard InChI is InChI=1S/C29H26ClN3O5/c1-16(34)33-23(19-11-13-24(36-2)28(38-4)27(19)37-3)15-22(32-33)26-25(17-8-6-5-7-9-17)20-14-18(30)10-12-21(20)31-29(26)35/h5-14,23H,15H2,1-4H3,(H,31,35). The van der Waals surface area contributed by atoms with Gasteiger partial charge in [0.2, 0.25) is 11.7 Å². The molecular formula is C29H26ClN3O5. The number of halogens is 1. The van der Waals surface area contributed by atoms with E-state index in [0.717, 1.165) is 10.9 Å². The lowest BCUT2D eigenvalue weighted by atomic mass is 9.90. The van der Waals surface area contributed by atoms with Crippen LogP contribution in [0, 0.1) is 0 Å². The summed E-state index contributed by atoms with van der Waals surface area (Å²) in [4.78, 5) is 29.4. The van der Waals surface area contributed by atoms with Gasteiger partial charge in [-0.25, -0.2) is 5.01 Å². The van der Waals surface area contributed by atoms with Gasteiger partial charge in [0.1, 0.15) is 0 Å². The van der Waals surface area contributed by atoms with Gasteiger partial charge in [0, 0.05) is 40.4 Å². The molecule has 0 radical (unpaired) electrons. The molecule has 1 atom stereocenters. The minimum Gasteiger partial charge on any atom is -0.493 e. The monoisotopic (exact) mass is 531 g/mol. The molecule has 4 aromatic rings. The number of aromatic amines is 1. The Morgan fingerprint density at radius 1 is 0.974 bits per heavy atom. The highest BCUT2D eigenvalue weighted by Gasteiger charge is 2.37. The second kappa shape index (κ2) is 10.2. The van der Waals surface area contributed by atoms with Gasteiger partial charge in [-0.3, -0.25) is 9.59 Å². The number of carbonyl (C=O) groups excluding carboxylic acids is 1. The zero-order valence-electron chi connectivity index (χ0n) is 21.4. The van der Waals surface area contributed by atoms with E-state index < -0.39 is 6.04 Å². The van der Waals surface area contributed by atoms with Crippen LogP contribution in [-0.4, -0.2) is 42.9 Å². The third-order valence-corrected chi connectivity index (χ3v) is 6.89. The molecule has 5 rings (SSSR count). The molecule has 8 nitrogen and oxygen atoms in total. The van der Waals surface area contributed by atoms with E-state index in [4.69, 9.17) is 25.8 Å². The van der Waals surface area contributed by atoms with Crippen LogP contribution in [0.4, 0.5) is 0 Å². The summed E-state index contributed by atoms with van der Waals surface area (Å²) < 4.78 is 16.7. The van der Waals surface area contributed by atoms with E-state index in [1.807, 2.05) is 42.5 Å². The fourth-order valence-corrected chi connectivity index (χ4v) is 5.20. The van der Waals surface area contributed by atoms with Gasteiger partial charge in [-0.1, -0.05) is 41.9 Å². The maximum atomic E-state index is 13.6. The molecule has 0 aliphatic carbocycles. The Kier molecular flexibility index (Phi) is 6.82. The Morgan fingerprint density at radius 3 is 2.37 bits per heavy atom. The first-order chi connectivity index (χ1) is 18.4. The number of benzene rings is 3. The summed E-state index contributed by atoms with van der Waals surface area (Å²) >= 11 is 6.37. The molecule has 1 aromatic heterocycles. The molecule has 2 heterocycles. The van der Waals surface area contributed by atoms with Gasteiger partial charge in [-0.05, 0) is 35.9 Å². The SMILES string of the molecule is COc1ccc(C2CC(c3c(-c4ccccc4)c4cc(Cl)ccc4[nH]c3=O)=NN2C(C)=O)c(OC)c1OC. The van der Waals surface area contributed by atoms with Crippen LogP contribution in [-0.2, 0) is 4.79 Å². The number of hydrogen-bond donors (Lipinski definition) is 1. The summed E-state index contributed by atoms with van der Waals surface area (Å²) in [5.74, 6) is 1.06. The molecule has 3 aromatic carbocycles. The highest BCUT2D eigenvalue weighted by atomic mass is 35.5. The van der Waals surface area contributed by atoms with E-state index in [-0.39, 0.29) is 17.9 Å². The van der Waals surface area contributed by atoms with Gasteiger partial charge in [0.15, 0.2) is 11.5 Å². The summed E-state index contributed by atoms with van der Waals surface area (Å²) in [5.41, 5.74) is 3.44. The van der Waals surface area contributed by atoms with Gasteiger partial charge in [0.25, 0.3) is 5.56 Å². The second-order valence-electron chi connectivity index (χ2n) is 8.81. The van der Waals surface area contributed by atoms with Gasteiger partial charge < -0.3 is 19.2 Å². The summed E-state index contributed by atoms with van der Waals surface area (Å²) in [5, 5.41) is 7.39. The Balaban J connectivity index is 1.73. The molecule has 1 aliphatic heterocycles. The molecule has 0 bridgehead atoms. The first-order valence-corrected chi connectivity index (χ1v) is 12.3.